The van der Waals surface area contributed by atoms with Gasteiger partial charge in [0.15, 0.2) is 0 Å². The van der Waals surface area contributed by atoms with E-state index in [1.54, 1.807) is 12.3 Å². The van der Waals surface area contributed by atoms with Gasteiger partial charge < -0.3 is 4.90 Å². The zero-order valence-corrected chi connectivity index (χ0v) is 9.60. The van der Waals surface area contributed by atoms with E-state index in [0.717, 1.165) is 13.0 Å². The summed E-state index contributed by atoms with van der Waals surface area (Å²) in [6, 6.07) is 5.63. The van der Waals surface area contributed by atoms with Crippen molar-refractivity contribution in [1.29, 1.82) is 0 Å². The normalized spacial score (nSPS) is 10.4. The molecule has 0 radical (unpaired) electrons. The van der Waals surface area contributed by atoms with Crippen LogP contribution in [0.2, 0.25) is 0 Å². The number of aromatic nitrogens is 1. The predicted octanol–water partition coefficient (Wildman–Crippen LogP) is 2.34. The molecule has 0 aromatic carbocycles. The number of rotatable bonds is 4. The van der Waals surface area contributed by atoms with Crippen LogP contribution in [0.15, 0.2) is 24.4 Å². The van der Waals surface area contributed by atoms with Gasteiger partial charge in [0, 0.05) is 18.8 Å². The Balaban J connectivity index is 2.81. The third kappa shape index (κ3) is 3.05. The summed E-state index contributed by atoms with van der Waals surface area (Å²) in [6.07, 6.45) is 2.62. The molecule has 3 heteroatoms. The summed E-state index contributed by atoms with van der Waals surface area (Å²) in [4.78, 5) is 18.0. The van der Waals surface area contributed by atoms with E-state index in [-0.39, 0.29) is 11.9 Å². The second kappa shape index (κ2) is 5.49. The first-order chi connectivity index (χ1) is 7.16. The van der Waals surface area contributed by atoms with Crippen molar-refractivity contribution in [2.24, 2.45) is 0 Å². The molecular formula is C12H18N2O. The molecule has 0 aliphatic carbocycles. The van der Waals surface area contributed by atoms with E-state index in [0.29, 0.717) is 5.69 Å². The van der Waals surface area contributed by atoms with Gasteiger partial charge >= 0.3 is 0 Å². The summed E-state index contributed by atoms with van der Waals surface area (Å²) in [6.45, 7) is 6.90. The second-order valence-electron chi connectivity index (χ2n) is 3.81. The molecule has 1 amide bonds. The Morgan fingerprint density at radius 3 is 2.67 bits per heavy atom. The van der Waals surface area contributed by atoms with Crippen LogP contribution < -0.4 is 0 Å². The van der Waals surface area contributed by atoms with Crippen LogP contribution in [0.5, 0.6) is 0 Å². The third-order valence-electron chi connectivity index (χ3n) is 2.23. The molecule has 3 nitrogen and oxygen atoms in total. The molecule has 0 saturated heterocycles. The summed E-state index contributed by atoms with van der Waals surface area (Å²) in [5.74, 6) is 0.0208. The first kappa shape index (κ1) is 11.7. The van der Waals surface area contributed by atoms with Crippen LogP contribution in [0, 0.1) is 0 Å². The van der Waals surface area contributed by atoms with Crippen molar-refractivity contribution < 1.29 is 4.79 Å². The largest absolute Gasteiger partial charge is 0.335 e. The van der Waals surface area contributed by atoms with Crippen molar-refractivity contribution in [3.63, 3.8) is 0 Å². The molecule has 0 saturated carbocycles. The van der Waals surface area contributed by atoms with Crippen LogP contribution in [-0.2, 0) is 0 Å². The number of carbonyl (C=O) groups is 1. The van der Waals surface area contributed by atoms with Crippen molar-refractivity contribution in [2.45, 2.75) is 33.2 Å². The zero-order valence-electron chi connectivity index (χ0n) is 9.60. The van der Waals surface area contributed by atoms with Crippen LogP contribution in [0.25, 0.3) is 0 Å². The molecule has 0 N–H and O–H groups in total. The van der Waals surface area contributed by atoms with E-state index in [2.05, 4.69) is 11.9 Å². The number of amides is 1. The van der Waals surface area contributed by atoms with Gasteiger partial charge in [-0.15, -0.1) is 0 Å². The Morgan fingerprint density at radius 2 is 2.20 bits per heavy atom. The van der Waals surface area contributed by atoms with Crippen molar-refractivity contribution in [2.75, 3.05) is 6.54 Å². The maximum Gasteiger partial charge on any atom is 0.272 e. The quantitative estimate of drug-likeness (QED) is 0.757. The van der Waals surface area contributed by atoms with Crippen LogP contribution in [-0.4, -0.2) is 28.4 Å². The predicted molar refractivity (Wildman–Crippen MR) is 60.7 cm³/mol. The first-order valence-corrected chi connectivity index (χ1v) is 5.38. The van der Waals surface area contributed by atoms with E-state index < -0.39 is 0 Å². The Labute approximate surface area is 91.1 Å². The monoisotopic (exact) mass is 206 g/mol. The molecule has 0 atom stereocenters. The van der Waals surface area contributed by atoms with Gasteiger partial charge in [-0.25, -0.2) is 0 Å². The van der Waals surface area contributed by atoms with E-state index in [9.17, 15) is 4.79 Å². The van der Waals surface area contributed by atoms with E-state index >= 15 is 0 Å². The lowest BCUT2D eigenvalue weighted by molar-refractivity contribution is 0.0700. The highest BCUT2D eigenvalue weighted by molar-refractivity contribution is 5.92. The van der Waals surface area contributed by atoms with Gasteiger partial charge in [0.1, 0.15) is 5.69 Å². The molecule has 0 unspecified atom stereocenters. The van der Waals surface area contributed by atoms with Crippen molar-refractivity contribution >= 4 is 5.91 Å². The average Bonchev–Trinajstić information content (AvgIpc) is 2.26. The fourth-order valence-electron chi connectivity index (χ4n) is 1.47. The van der Waals surface area contributed by atoms with Crippen molar-refractivity contribution in [3.8, 4) is 0 Å². The number of nitrogens with zero attached hydrogens (tertiary/aromatic N) is 2. The van der Waals surface area contributed by atoms with Crippen LogP contribution >= 0.6 is 0 Å². The molecule has 0 bridgehead atoms. The Morgan fingerprint density at radius 1 is 1.47 bits per heavy atom. The standard InChI is InChI=1S/C12H18N2O/c1-4-9-14(10(2)3)12(15)11-7-5-6-8-13-11/h5-8,10H,4,9H2,1-3H3. The fourth-order valence-corrected chi connectivity index (χ4v) is 1.47. The lowest BCUT2D eigenvalue weighted by Gasteiger charge is -2.25. The number of hydrogen-bond donors (Lipinski definition) is 0. The highest BCUT2D eigenvalue weighted by Gasteiger charge is 2.18. The first-order valence-electron chi connectivity index (χ1n) is 5.38. The smallest absolute Gasteiger partial charge is 0.272 e. The number of hydrogen-bond acceptors (Lipinski definition) is 2. The average molecular weight is 206 g/mol. The Kier molecular flexibility index (Phi) is 4.28. The Bertz CT molecular complexity index is 309. The van der Waals surface area contributed by atoms with Crippen LogP contribution in [0.4, 0.5) is 0 Å². The van der Waals surface area contributed by atoms with Gasteiger partial charge in [0.2, 0.25) is 0 Å². The molecule has 0 aliphatic rings. The molecule has 1 heterocycles. The maximum absolute atomic E-state index is 12.0. The minimum absolute atomic E-state index is 0.0208. The van der Waals surface area contributed by atoms with Crippen molar-refractivity contribution in [1.82, 2.24) is 9.88 Å². The summed E-state index contributed by atoms with van der Waals surface area (Å²) < 4.78 is 0. The Hall–Kier alpha value is -1.38. The molecule has 0 fully saturated rings. The van der Waals surface area contributed by atoms with Gasteiger partial charge in [-0.2, -0.15) is 0 Å². The van der Waals surface area contributed by atoms with E-state index in [4.69, 9.17) is 0 Å². The van der Waals surface area contributed by atoms with E-state index in [1.165, 1.54) is 0 Å². The van der Waals surface area contributed by atoms with Crippen LogP contribution in [0.3, 0.4) is 0 Å². The molecule has 82 valence electrons. The van der Waals surface area contributed by atoms with Crippen molar-refractivity contribution in [3.05, 3.63) is 30.1 Å². The van der Waals surface area contributed by atoms with Gasteiger partial charge in [-0.1, -0.05) is 13.0 Å². The molecule has 0 spiro atoms. The molecule has 1 aromatic rings. The zero-order chi connectivity index (χ0) is 11.3. The lowest BCUT2D eigenvalue weighted by atomic mass is 10.2. The summed E-state index contributed by atoms with van der Waals surface area (Å²) in [5, 5.41) is 0. The van der Waals surface area contributed by atoms with Gasteiger partial charge in [-0.05, 0) is 32.4 Å². The molecule has 1 rings (SSSR count). The second-order valence-corrected chi connectivity index (χ2v) is 3.81. The van der Waals surface area contributed by atoms with Gasteiger partial charge in [-0.3, -0.25) is 9.78 Å². The van der Waals surface area contributed by atoms with E-state index in [1.807, 2.05) is 30.9 Å². The fraction of sp³-hybridized carbons (Fsp3) is 0.500. The lowest BCUT2D eigenvalue weighted by Crippen LogP contribution is -2.37. The summed E-state index contributed by atoms with van der Waals surface area (Å²) in [5.41, 5.74) is 0.527. The summed E-state index contributed by atoms with van der Waals surface area (Å²) in [7, 11) is 0. The summed E-state index contributed by atoms with van der Waals surface area (Å²) >= 11 is 0. The molecular weight excluding hydrogens is 188 g/mol. The van der Waals surface area contributed by atoms with Gasteiger partial charge in [0.05, 0.1) is 0 Å². The van der Waals surface area contributed by atoms with Gasteiger partial charge in [0.25, 0.3) is 5.91 Å². The number of pyridine rings is 1. The SMILES string of the molecule is CCCN(C(=O)c1ccccn1)C(C)C. The highest BCUT2D eigenvalue weighted by Crippen LogP contribution is 2.06. The topological polar surface area (TPSA) is 33.2 Å². The van der Waals surface area contributed by atoms with Crippen LogP contribution in [0.1, 0.15) is 37.7 Å². The highest BCUT2D eigenvalue weighted by atomic mass is 16.2. The molecule has 1 aromatic heterocycles. The third-order valence-corrected chi connectivity index (χ3v) is 2.23. The maximum atomic E-state index is 12.0. The minimum atomic E-state index is 0.0208. The molecule has 0 aliphatic heterocycles. The number of carbonyl (C=O) groups excluding carboxylic acids is 1. The minimum Gasteiger partial charge on any atom is -0.335 e. The molecule has 15 heavy (non-hydrogen) atoms.